The number of rotatable bonds is 7. The average Bonchev–Trinajstić information content (AvgIpc) is 3.07. The second kappa shape index (κ2) is 7.03. The molecule has 2 aromatic rings. The summed E-state index contributed by atoms with van der Waals surface area (Å²) >= 11 is 0. The number of aliphatic hydroxyl groups excluding tert-OH is 1. The lowest BCUT2D eigenvalue weighted by molar-refractivity contribution is 0.151. The van der Waals surface area contributed by atoms with Crippen molar-refractivity contribution in [3.8, 4) is 0 Å². The molecular weight excluding hydrogens is 276 g/mol. The van der Waals surface area contributed by atoms with E-state index in [9.17, 15) is 5.11 Å². The third-order valence-corrected chi connectivity index (χ3v) is 4.46. The third-order valence-electron chi connectivity index (χ3n) is 4.46. The van der Waals surface area contributed by atoms with Crippen LogP contribution in [0.2, 0.25) is 0 Å². The monoisotopic (exact) mass is 302 g/mol. The summed E-state index contributed by atoms with van der Waals surface area (Å²) in [5.41, 5.74) is 2.00. The lowest BCUT2D eigenvalue weighted by atomic mass is 9.96. The molecule has 1 heterocycles. The van der Waals surface area contributed by atoms with E-state index in [1.807, 2.05) is 16.8 Å². The largest absolute Gasteiger partial charge is 0.387 e. The number of nitrogens with one attached hydrogen (secondary N) is 1. The van der Waals surface area contributed by atoms with E-state index >= 15 is 0 Å². The first-order valence-electron chi connectivity index (χ1n) is 7.80. The van der Waals surface area contributed by atoms with Crippen molar-refractivity contribution >= 4 is 0 Å². The van der Waals surface area contributed by atoms with Crippen LogP contribution in [0.3, 0.4) is 0 Å². The fourth-order valence-electron chi connectivity index (χ4n) is 2.34. The van der Waals surface area contributed by atoms with Crippen LogP contribution in [-0.4, -0.2) is 32.5 Å². The number of aliphatic hydroxyl groups is 1. The van der Waals surface area contributed by atoms with Gasteiger partial charge in [0.25, 0.3) is 0 Å². The summed E-state index contributed by atoms with van der Waals surface area (Å²) < 4.78 is 1.84. The fraction of sp³-hybridized carbons (Fsp3) is 0.529. The molecule has 0 amide bonds. The Bertz CT molecular complexity index is 563. The van der Waals surface area contributed by atoms with Crippen molar-refractivity contribution in [1.82, 2.24) is 20.1 Å². The first kappa shape index (κ1) is 16.6. The Morgan fingerprint density at radius 3 is 2.50 bits per heavy atom. The number of aromatic nitrogens is 3. The van der Waals surface area contributed by atoms with Crippen LogP contribution < -0.4 is 5.32 Å². The van der Waals surface area contributed by atoms with Gasteiger partial charge in [-0.15, -0.1) is 0 Å². The zero-order chi connectivity index (χ0) is 16.2. The molecular formula is C17H26N4O. The van der Waals surface area contributed by atoms with Crippen LogP contribution >= 0.6 is 0 Å². The normalized spacial score (nSPS) is 14.8. The predicted octanol–water partition coefficient (Wildman–Crippen LogP) is 2.29. The van der Waals surface area contributed by atoms with Crippen LogP contribution in [-0.2, 0) is 12.0 Å². The van der Waals surface area contributed by atoms with Gasteiger partial charge in [0, 0.05) is 12.6 Å². The lowest BCUT2D eigenvalue weighted by Crippen LogP contribution is -2.48. The lowest BCUT2D eigenvalue weighted by Gasteiger charge is -2.33. The molecule has 1 aromatic heterocycles. The van der Waals surface area contributed by atoms with Gasteiger partial charge in [0.15, 0.2) is 0 Å². The second-order valence-electron chi connectivity index (χ2n) is 6.23. The first-order chi connectivity index (χ1) is 10.4. The maximum absolute atomic E-state index is 10.3. The summed E-state index contributed by atoms with van der Waals surface area (Å²) in [6.07, 6.45) is 3.76. The molecule has 0 aliphatic heterocycles. The van der Waals surface area contributed by atoms with Gasteiger partial charge in [0.1, 0.15) is 12.7 Å². The minimum atomic E-state index is -0.514. The van der Waals surface area contributed by atoms with Gasteiger partial charge < -0.3 is 10.4 Å². The maximum Gasteiger partial charge on any atom is 0.137 e. The Morgan fingerprint density at radius 1 is 1.27 bits per heavy atom. The predicted molar refractivity (Wildman–Crippen MR) is 87.6 cm³/mol. The quantitative estimate of drug-likeness (QED) is 0.824. The highest BCUT2D eigenvalue weighted by atomic mass is 16.3. The molecule has 5 nitrogen and oxygen atoms in total. The van der Waals surface area contributed by atoms with Crippen LogP contribution in [0.25, 0.3) is 0 Å². The summed E-state index contributed by atoms with van der Waals surface area (Å²) in [6, 6.07) is 8.28. The standard InChI is InChI=1S/C17H26N4O/c1-5-14-6-8-15(9-7-14)16(22)10-19-13(2)17(3,4)21-12-18-11-20-21/h6-9,11-13,16,19,22H,5,10H2,1-4H3. The smallest absolute Gasteiger partial charge is 0.137 e. The molecule has 22 heavy (non-hydrogen) atoms. The van der Waals surface area contributed by atoms with E-state index in [1.165, 1.54) is 5.56 Å². The van der Waals surface area contributed by atoms with Crippen molar-refractivity contribution in [2.75, 3.05) is 6.54 Å². The third kappa shape index (κ3) is 3.72. The van der Waals surface area contributed by atoms with Crippen LogP contribution in [0.1, 0.15) is 44.9 Å². The zero-order valence-electron chi connectivity index (χ0n) is 13.8. The van der Waals surface area contributed by atoms with Crippen molar-refractivity contribution in [2.24, 2.45) is 0 Å². The molecule has 5 heteroatoms. The molecule has 120 valence electrons. The Kier molecular flexibility index (Phi) is 5.32. The maximum atomic E-state index is 10.3. The van der Waals surface area contributed by atoms with E-state index in [2.05, 4.69) is 55.2 Å². The minimum absolute atomic E-state index is 0.138. The van der Waals surface area contributed by atoms with E-state index in [0.717, 1.165) is 12.0 Å². The van der Waals surface area contributed by atoms with Crippen molar-refractivity contribution in [3.63, 3.8) is 0 Å². The van der Waals surface area contributed by atoms with Crippen molar-refractivity contribution < 1.29 is 5.11 Å². The molecule has 0 bridgehead atoms. The summed E-state index contributed by atoms with van der Waals surface area (Å²) in [7, 11) is 0. The molecule has 0 radical (unpaired) electrons. The number of hydrogen-bond acceptors (Lipinski definition) is 4. The van der Waals surface area contributed by atoms with Gasteiger partial charge in [-0.25, -0.2) is 9.67 Å². The highest BCUT2D eigenvalue weighted by molar-refractivity contribution is 5.24. The SMILES string of the molecule is CCc1ccc(C(O)CNC(C)C(C)(C)n2cncn2)cc1. The molecule has 0 saturated carbocycles. The van der Waals surface area contributed by atoms with Gasteiger partial charge in [0.05, 0.1) is 11.6 Å². The highest BCUT2D eigenvalue weighted by Gasteiger charge is 2.28. The molecule has 2 unspecified atom stereocenters. The molecule has 0 fully saturated rings. The molecule has 0 aliphatic rings. The van der Waals surface area contributed by atoms with Gasteiger partial charge in [-0.2, -0.15) is 5.10 Å². The Labute approximate surface area is 132 Å². The molecule has 0 saturated heterocycles. The van der Waals surface area contributed by atoms with E-state index in [4.69, 9.17) is 0 Å². The summed E-state index contributed by atoms with van der Waals surface area (Å²) in [5.74, 6) is 0. The van der Waals surface area contributed by atoms with E-state index < -0.39 is 6.10 Å². The Hall–Kier alpha value is -1.72. The molecule has 0 spiro atoms. The van der Waals surface area contributed by atoms with E-state index in [1.54, 1.807) is 12.7 Å². The van der Waals surface area contributed by atoms with Gasteiger partial charge >= 0.3 is 0 Å². The van der Waals surface area contributed by atoms with Crippen LogP contribution in [0, 0.1) is 0 Å². The van der Waals surface area contributed by atoms with Crippen molar-refractivity contribution in [3.05, 3.63) is 48.0 Å². The van der Waals surface area contributed by atoms with E-state index in [-0.39, 0.29) is 11.6 Å². The number of hydrogen-bond donors (Lipinski definition) is 2. The van der Waals surface area contributed by atoms with Crippen molar-refractivity contribution in [2.45, 2.75) is 51.8 Å². The first-order valence-corrected chi connectivity index (χ1v) is 7.80. The van der Waals surface area contributed by atoms with Crippen LogP contribution in [0.4, 0.5) is 0 Å². The van der Waals surface area contributed by atoms with E-state index in [0.29, 0.717) is 6.54 Å². The molecule has 2 atom stereocenters. The van der Waals surface area contributed by atoms with Gasteiger partial charge in [-0.1, -0.05) is 31.2 Å². The molecule has 2 N–H and O–H groups in total. The van der Waals surface area contributed by atoms with Gasteiger partial charge in [-0.05, 0) is 38.3 Å². The van der Waals surface area contributed by atoms with Crippen LogP contribution in [0.15, 0.2) is 36.9 Å². The highest BCUT2D eigenvalue weighted by Crippen LogP contribution is 2.19. The summed E-state index contributed by atoms with van der Waals surface area (Å²) in [6.45, 7) is 8.92. The van der Waals surface area contributed by atoms with Gasteiger partial charge in [-0.3, -0.25) is 0 Å². The molecule has 2 rings (SSSR count). The van der Waals surface area contributed by atoms with Crippen molar-refractivity contribution in [1.29, 1.82) is 0 Å². The minimum Gasteiger partial charge on any atom is -0.387 e. The average molecular weight is 302 g/mol. The summed E-state index contributed by atoms with van der Waals surface area (Å²) in [4.78, 5) is 4.00. The fourth-order valence-corrected chi connectivity index (χ4v) is 2.34. The number of aryl methyl sites for hydroxylation is 1. The van der Waals surface area contributed by atoms with Crippen LogP contribution in [0.5, 0.6) is 0 Å². The molecule has 0 aliphatic carbocycles. The zero-order valence-corrected chi connectivity index (χ0v) is 13.8. The number of nitrogens with zero attached hydrogens (tertiary/aromatic N) is 3. The summed E-state index contributed by atoms with van der Waals surface area (Å²) in [5, 5.41) is 17.9. The Balaban J connectivity index is 1.93. The second-order valence-corrected chi connectivity index (χ2v) is 6.23. The topological polar surface area (TPSA) is 63.0 Å². The number of benzene rings is 1. The molecule has 1 aromatic carbocycles. The van der Waals surface area contributed by atoms with Gasteiger partial charge in [0.2, 0.25) is 0 Å². The Morgan fingerprint density at radius 2 is 1.95 bits per heavy atom.